The number of nitrogens with one attached hydrogen (secondary N) is 2. The lowest BCUT2D eigenvalue weighted by Gasteiger charge is -2.21. The number of hydrogen-bond acceptors (Lipinski definition) is 4. The van der Waals surface area contributed by atoms with Gasteiger partial charge in [-0.1, -0.05) is 38.2 Å². The first kappa shape index (κ1) is 21.6. The fraction of sp³-hybridized carbons (Fsp3) is 0.375. The Bertz CT molecular complexity index is 886. The minimum absolute atomic E-state index is 0.0274. The van der Waals surface area contributed by atoms with Crippen LogP contribution in [0.25, 0.3) is 0 Å². The van der Waals surface area contributed by atoms with Crippen molar-refractivity contribution in [3.63, 3.8) is 0 Å². The largest absolute Gasteiger partial charge is 0.427 e. The van der Waals surface area contributed by atoms with Gasteiger partial charge in [-0.2, -0.15) is 0 Å². The molecule has 0 aliphatic heterocycles. The fourth-order valence-corrected chi connectivity index (χ4v) is 3.74. The molecule has 6 nitrogen and oxygen atoms in total. The first-order valence-corrected chi connectivity index (χ1v) is 10.5. The summed E-state index contributed by atoms with van der Waals surface area (Å²) < 4.78 is 5.01. The van der Waals surface area contributed by atoms with Crippen LogP contribution in [0.2, 0.25) is 0 Å². The predicted octanol–water partition coefficient (Wildman–Crippen LogP) is 5.16. The lowest BCUT2D eigenvalue weighted by atomic mass is 9.86. The van der Waals surface area contributed by atoms with Crippen molar-refractivity contribution in [1.82, 2.24) is 0 Å². The van der Waals surface area contributed by atoms with Crippen LogP contribution in [0.4, 0.5) is 11.4 Å². The molecule has 0 heterocycles. The molecule has 3 rings (SSSR count). The molecule has 0 aromatic heterocycles. The van der Waals surface area contributed by atoms with Crippen LogP contribution in [0, 0.1) is 5.92 Å². The van der Waals surface area contributed by atoms with Crippen LogP contribution in [0.1, 0.15) is 62.2 Å². The molecule has 6 heteroatoms. The zero-order valence-electron chi connectivity index (χ0n) is 17.3. The van der Waals surface area contributed by atoms with Crippen LogP contribution in [-0.2, 0) is 9.59 Å². The van der Waals surface area contributed by atoms with E-state index >= 15 is 0 Å². The average Bonchev–Trinajstić information content (AvgIpc) is 2.74. The molecule has 0 radical (unpaired) electrons. The van der Waals surface area contributed by atoms with Gasteiger partial charge in [0.25, 0.3) is 5.91 Å². The van der Waals surface area contributed by atoms with Crippen molar-refractivity contribution in [2.45, 2.75) is 51.9 Å². The minimum atomic E-state index is -0.441. The highest BCUT2D eigenvalue weighted by Gasteiger charge is 2.15. The van der Waals surface area contributed by atoms with Crippen molar-refractivity contribution in [2.75, 3.05) is 10.6 Å². The zero-order valence-corrected chi connectivity index (χ0v) is 17.3. The summed E-state index contributed by atoms with van der Waals surface area (Å²) in [5.41, 5.74) is 1.70. The van der Waals surface area contributed by atoms with E-state index in [2.05, 4.69) is 10.6 Å². The smallest absolute Gasteiger partial charge is 0.308 e. The molecule has 158 valence electrons. The third kappa shape index (κ3) is 6.72. The molecule has 1 saturated carbocycles. The van der Waals surface area contributed by atoms with E-state index in [1.807, 2.05) is 0 Å². The van der Waals surface area contributed by atoms with Gasteiger partial charge < -0.3 is 15.4 Å². The maximum atomic E-state index is 12.4. The third-order valence-electron chi connectivity index (χ3n) is 5.29. The van der Waals surface area contributed by atoms with Crippen molar-refractivity contribution >= 4 is 29.2 Å². The molecular weight excluding hydrogens is 380 g/mol. The first-order valence-electron chi connectivity index (χ1n) is 10.5. The highest BCUT2D eigenvalue weighted by molar-refractivity contribution is 6.04. The summed E-state index contributed by atoms with van der Waals surface area (Å²) in [6, 6.07) is 13.4. The molecule has 0 spiro atoms. The number of benzene rings is 2. The van der Waals surface area contributed by atoms with Crippen molar-refractivity contribution in [1.29, 1.82) is 0 Å². The average molecular weight is 408 g/mol. The Labute approximate surface area is 177 Å². The van der Waals surface area contributed by atoms with E-state index in [0.717, 1.165) is 6.42 Å². The van der Waals surface area contributed by atoms with Crippen LogP contribution in [0.15, 0.2) is 48.5 Å². The van der Waals surface area contributed by atoms with Gasteiger partial charge in [0, 0.05) is 30.3 Å². The normalized spacial score (nSPS) is 14.0. The van der Waals surface area contributed by atoms with Crippen LogP contribution < -0.4 is 15.4 Å². The summed E-state index contributed by atoms with van der Waals surface area (Å²) in [7, 11) is 0. The monoisotopic (exact) mass is 408 g/mol. The Morgan fingerprint density at radius 1 is 0.933 bits per heavy atom. The maximum absolute atomic E-state index is 12.4. The number of esters is 1. The molecule has 2 N–H and O–H groups in total. The van der Waals surface area contributed by atoms with E-state index in [0.29, 0.717) is 35.0 Å². The van der Waals surface area contributed by atoms with Crippen molar-refractivity contribution in [2.24, 2.45) is 5.92 Å². The maximum Gasteiger partial charge on any atom is 0.308 e. The summed E-state index contributed by atoms with van der Waals surface area (Å²) in [5.74, 6) is 0.278. The van der Waals surface area contributed by atoms with Gasteiger partial charge in [-0.05, 0) is 54.8 Å². The van der Waals surface area contributed by atoms with Crippen molar-refractivity contribution in [3.8, 4) is 5.75 Å². The van der Waals surface area contributed by atoms with Crippen LogP contribution in [-0.4, -0.2) is 17.8 Å². The first-order chi connectivity index (χ1) is 14.5. The Balaban J connectivity index is 1.49. The van der Waals surface area contributed by atoms with Gasteiger partial charge in [0.1, 0.15) is 5.75 Å². The molecule has 2 aromatic rings. The summed E-state index contributed by atoms with van der Waals surface area (Å²) >= 11 is 0. The molecule has 1 fully saturated rings. The third-order valence-corrected chi connectivity index (χ3v) is 5.29. The van der Waals surface area contributed by atoms with E-state index < -0.39 is 5.97 Å². The van der Waals surface area contributed by atoms with Gasteiger partial charge >= 0.3 is 5.97 Å². The molecule has 1 aliphatic rings. The SMILES string of the molecule is CC(=O)Oc1cccc(C(=O)Nc2ccc(NC(=O)CCC3CCCCC3)cc2)c1. The Morgan fingerprint density at radius 3 is 2.27 bits per heavy atom. The number of anilines is 2. The number of carbonyl (C=O) groups excluding carboxylic acids is 3. The van der Waals surface area contributed by atoms with E-state index in [-0.39, 0.29) is 11.8 Å². The minimum Gasteiger partial charge on any atom is -0.427 e. The second kappa shape index (κ2) is 10.6. The van der Waals surface area contributed by atoms with Gasteiger partial charge in [0.05, 0.1) is 0 Å². The second-order valence-electron chi connectivity index (χ2n) is 7.74. The van der Waals surface area contributed by atoms with Crippen LogP contribution in [0.5, 0.6) is 5.75 Å². The number of carbonyl (C=O) groups is 3. The highest BCUT2D eigenvalue weighted by Crippen LogP contribution is 2.27. The number of ether oxygens (including phenoxy) is 1. The lowest BCUT2D eigenvalue weighted by molar-refractivity contribution is -0.131. The van der Waals surface area contributed by atoms with Gasteiger partial charge in [-0.3, -0.25) is 14.4 Å². The Morgan fingerprint density at radius 2 is 1.60 bits per heavy atom. The number of amides is 2. The highest BCUT2D eigenvalue weighted by atomic mass is 16.5. The predicted molar refractivity (Wildman–Crippen MR) is 117 cm³/mol. The molecule has 0 saturated heterocycles. The number of rotatable bonds is 7. The summed E-state index contributed by atoms with van der Waals surface area (Å²) in [4.78, 5) is 35.7. The van der Waals surface area contributed by atoms with E-state index in [9.17, 15) is 14.4 Å². The molecule has 1 aliphatic carbocycles. The molecule has 30 heavy (non-hydrogen) atoms. The standard InChI is InChI=1S/C24H28N2O4/c1-17(27)30-22-9-5-8-19(16-22)24(29)26-21-13-11-20(12-14-21)25-23(28)15-10-18-6-3-2-4-7-18/h5,8-9,11-14,16,18H,2-4,6-7,10,15H2,1H3,(H,25,28)(H,26,29). The summed E-state index contributed by atoms with van der Waals surface area (Å²) in [6.07, 6.45) is 7.87. The Hall–Kier alpha value is -3.15. The molecule has 0 bridgehead atoms. The summed E-state index contributed by atoms with van der Waals surface area (Å²) in [6.45, 7) is 1.31. The molecule has 2 aromatic carbocycles. The molecule has 0 atom stereocenters. The van der Waals surface area contributed by atoms with Crippen molar-refractivity contribution in [3.05, 3.63) is 54.1 Å². The quantitative estimate of drug-likeness (QED) is 0.489. The van der Waals surface area contributed by atoms with Gasteiger partial charge in [-0.15, -0.1) is 0 Å². The summed E-state index contributed by atoms with van der Waals surface area (Å²) in [5, 5.41) is 5.71. The molecule has 0 unspecified atom stereocenters. The number of hydrogen-bond donors (Lipinski definition) is 2. The second-order valence-corrected chi connectivity index (χ2v) is 7.74. The van der Waals surface area contributed by atoms with Crippen molar-refractivity contribution < 1.29 is 19.1 Å². The Kier molecular flexibility index (Phi) is 7.60. The van der Waals surface area contributed by atoms with E-state index in [1.165, 1.54) is 45.1 Å². The fourth-order valence-electron chi connectivity index (χ4n) is 3.74. The van der Waals surface area contributed by atoms with Gasteiger partial charge in [0.15, 0.2) is 0 Å². The van der Waals surface area contributed by atoms with Crippen LogP contribution >= 0.6 is 0 Å². The molecule has 2 amide bonds. The topological polar surface area (TPSA) is 84.5 Å². The van der Waals surface area contributed by atoms with Crippen LogP contribution in [0.3, 0.4) is 0 Å². The van der Waals surface area contributed by atoms with E-state index in [4.69, 9.17) is 4.74 Å². The lowest BCUT2D eigenvalue weighted by Crippen LogP contribution is -2.15. The van der Waals surface area contributed by atoms with E-state index in [1.54, 1.807) is 42.5 Å². The van der Waals surface area contributed by atoms with Gasteiger partial charge in [0.2, 0.25) is 5.91 Å². The zero-order chi connectivity index (χ0) is 21.3. The van der Waals surface area contributed by atoms with Gasteiger partial charge in [-0.25, -0.2) is 0 Å². The molecular formula is C24H28N2O4.